The standard InChI is InChI=1S/C15H21FN2O4S/c1-11(10-22-2)17-15(19)14-4-3-9-18(14)23(20,21)13-7-5-12(16)6-8-13/h5-8,11,14H,3-4,9-10H2,1-2H3,(H,17,19). The van der Waals surface area contributed by atoms with Crippen LogP contribution in [0.2, 0.25) is 0 Å². The van der Waals surface area contributed by atoms with Crippen LogP contribution in [0.4, 0.5) is 4.39 Å². The molecule has 8 heteroatoms. The average molecular weight is 344 g/mol. The zero-order valence-electron chi connectivity index (χ0n) is 13.2. The highest BCUT2D eigenvalue weighted by molar-refractivity contribution is 7.89. The quantitative estimate of drug-likeness (QED) is 0.839. The highest BCUT2D eigenvalue weighted by Crippen LogP contribution is 2.26. The number of nitrogens with one attached hydrogen (secondary N) is 1. The number of carbonyl (C=O) groups is 1. The largest absolute Gasteiger partial charge is 0.383 e. The number of ether oxygens (including phenoxy) is 1. The van der Waals surface area contributed by atoms with Crippen molar-refractivity contribution in [2.75, 3.05) is 20.3 Å². The van der Waals surface area contributed by atoms with E-state index >= 15 is 0 Å². The van der Waals surface area contributed by atoms with E-state index in [0.717, 1.165) is 12.1 Å². The van der Waals surface area contributed by atoms with Gasteiger partial charge in [-0.05, 0) is 44.0 Å². The first-order valence-corrected chi connectivity index (χ1v) is 8.87. The van der Waals surface area contributed by atoms with E-state index in [1.165, 1.54) is 23.5 Å². The number of amides is 1. The number of hydrogen-bond donors (Lipinski definition) is 1. The van der Waals surface area contributed by atoms with Crippen LogP contribution in [0.25, 0.3) is 0 Å². The highest BCUT2D eigenvalue weighted by atomic mass is 32.2. The van der Waals surface area contributed by atoms with Gasteiger partial charge in [-0.2, -0.15) is 4.31 Å². The fourth-order valence-electron chi connectivity index (χ4n) is 2.66. The minimum Gasteiger partial charge on any atom is -0.383 e. The van der Waals surface area contributed by atoms with Crippen LogP contribution in [0.3, 0.4) is 0 Å². The van der Waals surface area contributed by atoms with E-state index in [0.29, 0.717) is 19.4 Å². The van der Waals surface area contributed by atoms with Crippen LogP contribution in [-0.4, -0.2) is 51.0 Å². The van der Waals surface area contributed by atoms with Crippen LogP contribution in [0.15, 0.2) is 29.2 Å². The molecule has 2 unspecified atom stereocenters. The van der Waals surface area contributed by atoms with Gasteiger partial charge in [0.05, 0.1) is 11.5 Å². The summed E-state index contributed by atoms with van der Waals surface area (Å²) in [5.41, 5.74) is 0. The van der Waals surface area contributed by atoms with Crippen molar-refractivity contribution < 1.29 is 22.3 Å². The second kappa shape index (κ2) is 7.37. The minimum absolute atomic E-state index is 0.0106. The third-order valence-corrected chi connectivity index (χ3v) is 5.65. The first-order chi connectivity index (χ1) is 10.9. The molecule has 0 spiro atoms. The number of methoxy groups -OCH3 is 1. The zero-order chi connectivity index (χ0) is 17.0. The Bertz CT molecular complexity index is 648. The molecular weight excluding hydrogens is 323 g/mol. The first-order valence-electron chi connectivity index (χ1n) is 7.43. The van der Waals surface area contributed by atoms with Crippen molar-refractivity contribution in [1.29, 1.82) is 0 Å². The molecule has 1 aromatic rings. The molecule has 1 heterocycles. The number of carbonyl (C=O) groups excluding carboxylic acids is 1. The third kappa shape index (κ3) is 4.07. The lowest BCUT2D eigenvalue weighted by molar-refractivity contribution is -0.125. The van der Waals surface area contributed by atoms with Crippen molar-refractivity contribution in [3.63, 3.8) is 0 Å². The average Bonchev–Trinajstić information content (AvgIpc) is 2.98. The minimum atomic E-state index is -3.82. The van der Waals surface area contributed by atoms with Crippen molar-refractivity contribution in [2.24, 2.45) is 0 Å². The predicted molar refractivity (Wildman–Crippen MR) is 82.8 cm³/mol. The number of benzene rings is 1. The van der Waals surface area contributed by atoms with Crippen LogP contribution >= 0.6 is 0 Å². The lowest BCUT2D eigenvalue weighted by Gasteiger charge is -2.24. The number of hydrogen-bond acceptors (Lipinski definition) is 4. The Balaban J connectivity index is 2.17. The molecule has 128 valence electrons. The van der Waals surface area contributed by atoms with Gasteiger partial charge in [0.15, 0.2) is 0 Å². The molecule has 1 N–H and O–H groups in total. The van der Waals surface area contributed by atoms with Gasteiger partial charge in [-0.25, -0.2) is 12.8 Å². The van der Waals surface area contributed by atoms with Gasteiger partial charge in [0.2, 0.25) is 15.9 Å². The second-order valence-electron chi connectivity index (χ2n) is 5.59. The van der Waals surface area contributed by atoms with E-state index in [4.69, 9.17) is 4.74 Å². The Labute approximate surface area is 135 Å². The van der Waals surface area contributed by atoms with Crippen molar-refractivity contribution >= 4 is 15.9 Å². The van der Waals surface area contributed by atoms with E-state index in [2.05, 4.69) is 5.32 Å². The molecule has 2 rings (SSSR count). The number of sulfonamides is 1. The predicted octanol–water partition coefficient (Wildman–Crippen LogP) is 1.13. The van der Waals surface area contributed by atoms with Gasteiger partial charge in [-0.3, -0.25) is 4.79 Å². The Hall–Kier alpha value is -1.51. The number of rotatable bonds is 6. The lowest BCUT2D eigenvalue weighted by atomic mass is 10.2. The van der Waals surface area contributed by atoms with Gasteiger partial charge < -0.3 is 10.1 Å². The van der Waals surface area contributed by atoms with Crippen molar-refractivity contribution in [3.8, 4) is 0 Å². The Morgan fingerprint density at radius 2 is 2.09 bits per heavy atom. The Morgan fingerprint density at radius 3 is 2.70 bits per heavy atom. The number of halogens is 1. The van der Waals surface area contributed by atoms with Gasteiger partial charge in [0, 0.05) is 19.7 Å². The Kier molecular flexibility index (Phi) is 5.72. The lowest BCUT2D eigenvalue weighted by Crippen LogP contribution is -2.49. The smallest absolute Gasteiger partial charge is 0.243 e. The van der Waals surface area contributed by atoms with Gasteiger partial charge in [0.25, 0.3) is 0 Å². The van der Waals surface area contributed by atoms with Crippen LogP contribution in [-0.2, 0) is 19.6 Å². The van der Waals surface area contributed by atoms with Crippen molar-refractivity contribution in [3.05, 3.63) is 30.1 Å². The summed E-state index contributed by atoms with van der Waals surface area (Å²) in [4.78, 5) is 12.3. The molecule has 1 amide bonds. The van der Waals surface area contributed by atoms with E-state index < -0.39 is 21.9 Å². The molecule has 0 bridgehead atoms. The van der Waals surface area contributed by atoms with Gasteiger partial charge in [-0.1, -0.05) is 0 Å². The molecule has 1 fully saturated rings. The van der Waals surface area contributed by atoms with Gasteiger partial charge in [0.1, 0.15) is 11.9 Å². The molecule has 0 radical (unpaired) electrons. The normalized spacial score (nSPS) is 20.4. The van der Waals surface area contributed by atoms with Crippen LogP contribution in [0, 0.1) is 5.82 Å². The summed E-state index contributed by atoms with van der Waals surface area (Å²) in [6.07, 6.45) is 1.07. The van der Waals surface area contributed by atoms with Crippen LogP contribution in [0.5, 0.6) is 0 Å². The fraction of sp³-hybridized carbons (Fsp3) is 0.533. The fourth-order valence-corrected chi connectivity index (χ4v) is 4.32. The highest BCUT2D eigenvalue weighted by Gasteiger charge is 2.39. The van der Waals surface area contributed by atoms with Crippen molar-refractivity contribution in [2.45, 2.75) is 36.7 Å². The molecule has 1 saturated heterocycles. The summed E-state index contributed by atoms with van der Waals surface area (Å²) in [5.74, 6) is -0.842. The van der Waals surface area contributed by atoms with Crippen LogP contribution < -0.4 is 5.32 Å². The van der Waals surface area contributed by atoms with Gasteiger partial charge in [-0.15, -0.1) is 0 Å². The topological polar surface area (TPSA) is 75.7 Å². The molecule has 0 saturated carbocycles. The maximum Gasteiger partial charge on any atom is 0.243 e. The SMILES string of the molecule is COCC(C)NC(=O)C1CCCN1S(=O)(=O)c1ccc(F)cc1. The van der Waals surface area contributed by atoms with E-state index in [9.17, 15) is 17.6 Å². The molecule has 23 heavy (non-hydrogen) atoms. The summed E-state index contributed by atoms with van der Waals surface area (Å²) >= 11 is 0. The molecule has 1 aromatic carbocycles. The molecule has 0 aromatic heterocycles. The van der Waals surface area contributed by atoms with E-state index in [1.54, 1.807) is 6.92 Å². The van der Waals surface area contributed by atoms with E-state index in [1.807, 2.05) is 0 Å². The monoisotopic (exact) mass is 344 g/mol. The molecule has 6 nitrogen and oxygen atoms in total. The molecule has 2 atom stereocenters. The molecular formula is C15H21FN2O4S. The summed E-state index contributed by atoms with van der Waals surface area (Å²) in [5, 5.41) is 2.76. The summed E-state index contributed by atoms with van der Waals surface area (Å²) in [7, 11) is -2.29. The Morgan fingerprint density at radius 1 is 1.43 bits per heavy atom. The van der Waals surface area contributed by atoms with E-state index in [-0.39, 0.29) is 23.4 Å². The summed E-state index contributed by atoms with van der Waals surface area (Å²) < 4.78 is 44.5. The maximum atomic E-state index is 13.0. The van der Waals surface area contributed by atoms with Crippen LogP contribution in [0.1, 0.15) is 19.8 Å². The maximum absolute atomic E-state index is 13.0. The molecule has 1 aliphatic rings. The van der Waals surface area contributed by atoms with Gasteiger partial charge >= 0.3 is 0 Å². The molecule has 1 aliphatic heterocycles. The zero-order valence-corrected chi connectivity index (χ0v) is 14.0. The first kappa shape index (κ1) is 17.8. The number of nitrogens with zero attached hydrogens (tertiary/aromatic N) is 1. The van der Waals surface area contributed by atoms with Crippen molar-refractivity contribution in [1.82, 2.24) is 9.62 Å². The molecule has 0 aliphatic carbocycles. The second-order valence-corrected chi connectivity index (χ2v) is 7.48. The summed E-state index contributed by atoms with van der Waals surface area (Å²) in [6.45, 7) is 2.41. The third-order valence-electron chi connectivity index (χ3n) is 3.73. The summed E-state index contributed by atoms with van der Waals surface area (Å²) in [6, 6.07) is 3.67.